The summed E-state index contributed by atoms with van der Waals surface area (Å²) in [5.41, 5.74) is 0.855. The first-order chi connectivity index (χ1) is 7.13. The summed E-state index contributed by atoms with van der Waals surface area (Å²) in [4.78, 5) is 13.9. The van der Waals surface area contributed by atoms with E-state index < -0.39 is 0 Å². The van der Waals surface area contributed by atoms with Gasteiger partial charge in [-0.15, -0.1) is 0 Å². The van der Waals surface area contributed by atoms with E-state index in [4.69, 9.17) is 0 Å². The quantitative estimate of drug-likeness (QED) is 0.553. The highest BCUT2D eigenvalue weighted by atomic mass is 16.2. The number of hydrogen-bond acceptors (Lipinski definition) is 1. The lowest BCUT2D eigenvalue weighted by atomic mass is 9.72. The lowest BCUT2D eigenvalue weighted by Gasteiger charge is -2.32. The second-order valence-corrected chi connectivity index (χ2v) is 4.33. The number of rotatable bonds is 0. The second-order valence-electron chi connectivity index (χ2n) is 4.33. The largest absolute Gasteiger partial charge is 0.338 e. The number of amides is 1. The molecular formula is C13H17NO. The first-order valence-electron chi connectivity index (χ1n) is 5.42. The van der Waals surface area contributed by atoms with E-state index in [9.17, 15) is 4.79 Å². The lowest BCUT2D eigenvalue weighted by molar-refractivity contribution is -0.124. The molecule has 2 nitrogen and oxygen atoms in total. The number of nitrogens with zero attached hydrogens (tertiary/aromatic N) is 1. The van der Waals surface area contributed by atoms with Gasteiger partial charge in [0, 0.05) is 24.1 Å². The minimum atomic E-state index is -0.0880. The van der Waals surface area contributed by atoms with Crippen LogP contribution in [0, 0.1) is 5.41 Å². The molecule has 0 N–H and O–H groups in total. The highest BCUT2D eigenvalue weighted by Crippen LogP contribution is 2.46. The molecular weight excluding hydrogens is 186 g/mol. The molecule has 0 aromatic carbocycles. The zero-order valence-electron chi connectivity index (χ0n) is 9.53. The van der Waals surface area contributed by atoms with Crippen LogP contribution >= 0.6 is 0 Å². The summed E-state index contributed by atoms with van der Waals surface area (Å²) in [6.45, 7) is 4.07. The molecule has 1 saturated heterocycles. The van der Waals surface area contributed by atoms with E-state index in [1.54, 1.807) is 0 Å². The summed E-state index contributed by atoms with van der Waals surface area (Å²) >= 11 is 0. The fraction of sp³-hybridized carbons (Fsp3) is 0.462. The summed E-state index contributed by atoms with van der Waals surface area (Å²) in [5, 5.41) is 0. The molecule has 1 amide bonds. The molecule has 0 bridgehead atoms. The number of likely N-dealkylation sites (tertiary alicyclic amines) is 1. The smallest absolute Gasteiger partial charge is 0.250 e. The summed E-state index contributed by atoms with van der Waals surface area (Å²) in [6.07, 6.45) is 11.3. The summed E-state index contributed by atoms with van der Waals surface area (Å²) in [6, 6.07) is 0.248. The van der Waals surface area contributed by atoms with Crippen LogP contribution in [-0.2, 0) is 4.79 Å². The van der Waals surface area contributed by atoms with Gasteiger partial charge in [-0.2, -0.15) is 0 Å². The third-order valence-electron chi connectivity index (χ3n) is 3.76. The van der Waals surface area contributed by atoms with Gasteiger partial charge in [0.15, 0.2) is 0 Å². The number of carbonyl (C=O) groups is 1. The molecule has 0 saturated carbocycles. The van der Waals surface area contributed by atoms with Crippen LogP contribution in [0.1, 0.15) is 20.3 Å². The first-order valence-corrected chi connectivity index (χ1v) is 5.42. The average Bonchev–Trinajstić information content (AvgIpc) is 2.43. The Bertz CT molecular complexity index is 378. The molecule has 2 heteroatoms. The third-order valence-corrected chi connectivity index (χ3v) is 3.76. The molecule has 2 rings (SSSR count). The Kier molecular flexibility index (Phi) is 2.29. The maximum Gasteiger partial charge on any atom is 0.250 e. The topological polar surface area (TPSA) is 20.3 Å². The maximum absolute atomic E-state index is 12.0. The second kappa shape index (κ2) is 3.37. The number of likely N-dealkylation sites (N-methyl/N-ethyl adjacent to an activating group) is 1. The van der Waals surface area contributed by atoms with Crippen LogP contribution < -0.4 is 0 Å². The summed E-state index contributed by atoms with van der Waals surface area (Å²) < 4.78 is 0. The molecule has 0 aromatic rings. The Labute approximate surface area is 91.0 Å². The highest BCUT2D eigenvalue weighted by Gasteiger charge is 2.49. The summed E-state index contributed by atoms with van der Waals surface area (Å²) in [5.74, 6) is 0.171. The van der Waals surface area contributed by atoms with Crippen molar-refractivity contribution < 1.29 is 4.79 Å². The van der Waals surface area contributed by atoms with Crippen molar-refractivity contribution in [2.45, 2.75) is 26.3 Å². The Morgan fingerprint density at radius 3 is 2.80 bits per heavy atom. The van der Waals surface area contributed by atoms with Crippen molar-refractivity contribution in [3.8, 4) is 0 Å². The van der Waals surface area contributed by atoms with Crippen LogP contribution in [0.15, 0.2) is 36.0 Å². The van der Waals surface area contributed by atoms with Crippen molar-refractivity contribution in [3.63, 3.8) is 0 Å². The van der Waals surface area contributed by atoms with Gasteiger partial charge < -0.3 is 4.90 Å². The fourth-order valence-electron chi connectivity index (χ4n) is 2.67. The Hall–Kier alpha value is -1.31. The van der Waals surface area contributed by atoms with Crippen LogP contribution in [0.25, 0.3) is 0 Å². The van der Waals surface area contributed by atoms with Gasteiger partial charge >= 0.3 is 0 Å². The molecule has 1 aliphatic heterocycles. The molecule has 15 heavy (non-hydrogen) atoms. The van der Waals surface area contributed by atoms with E-state index in [0.717, 1.165) is 12.0 Å². The molecule has 2 aliphatic rings. The molecule has 2 atom stereocenters. The van der Waals surface area contributed by atoms with E-state index >= 15 is 0 Å². The molecule has 2 unspecified atom stereocenters. The van der Waals surface area contributed by atoms with Crippen LogP contribution in [0.2, 0.25) is 0 Å². The number of hydrogen-bond donors (Lipinski definition) is 0. The van der Waals surface area contributed by atoms with Gasteiger partial charge in [0.25, 0.3) is 0 Å². The van der Waals surface area contributed by atoms with Crippen molar-refractivity contribution in [1.82, 2.24) is 4.90 Å². The van der Waals surface area contributed by atoms with Gasteiger partial charge in [-0.1, -0.05) is 30.4 Å². The molecule has 1 fully saturated rings. The molecule has 80 valence electrons. The summed E-state index contributed by atoms with van der Waals surface area (Å²) in [7, 11) is 1.89. The van der Waals surface area contributed by atoms with E-state index in [2.05, 4.69) is 25.2 Å². The molecule has 1 aliphatic carbocycles. The Morgan fingerprint density at radius 2 is 2.27 bits per heavy atom. The van der Waals surface area contributed by atoms with Crippen LogP contribution in [0.4, 0.5) is 0 Å². The third kappa shape index (κ3) is 1.21. The van der Waals surface area contributed by atoms with E-state index in [-0.39, 0.29) is 17.4 Å². The maximum atomic E-state index is 12.0. The van der Waals surface area contributed by atoms with Gasteiger partial charge in [0.1, 0.15) is 0 Å². The number of carbonyl (C=O) groups excluding carboxylic acids is 1. The van der Waals surface area contributed by atoms with Crippen molar-refractivity contribution in [2.75, 3.05) is 7.05 Å². The minimum absolute atomic E-state index is 0.0880. The molecule has 0 radical (unpaired) electrons. The van der Waals surface area contributed by atoms with Gasteiger partial charge in [-0.3, -0.25) is 4.79 Å². The van der Waals surface area contributed by atoms with Gasteiger partial charge in [0.05, 0.1) is 0 Å². The van der Waals surface area contributed by atoms with Crippen LogP contribution in [0.3, 0.4) is 0 Å². The van der Waals surface area contributed by atoms with E-state index in [1.807, 2.05) is 31.0 Å². The van der Waals surface area contributed by atoms with Gasteiger partial charge in [-0.25, -0.2) is 0 Å². The minimum Gasteiger partial charge on any atom is -0.338 e. The molecule has 1 spiro atoms. The average molecular weight is 203 g/mol. The fourth-order valence-corrected chi connectivity index (χ4v) is 2.67. The van der Waals surface area contributed by atoms with Crippen molar-refractivity contribution in [2.24, 2.45) is 5.41 Å². The predicted molar refractivity (Wildman–Crippen MR) is 61.3 cm³/mol. The first kappa shape index (κ1) is 10.2. The van der Waals surface area contributed by atoms with Crippen molar-refractivity contribution in [3.05, 3.63) is 36.0 Å². The standard InChI is InChI=1S/C13H17NO/c1-4-11-12(15)14(3)10(2)13(11)8-6-5-7-9-13/h4-8,10H,9H2,1-3H3/b11-4-. The SMILES string of the molecule is C/C=C1/C(=O)N(C)C(C)C12C=CC=CC2. The van der Waals surface area contributed by atoms with Crippen LogP contribution in [-0.4, -0.2) is 23.9 Å². The number of allylic oxidation sites excluding steroid dienone is 4. The van der Waals surface area contributed by atoms with Crippen molar-refractivity contribution in [1.29, 1.82) is 0 Å². The van der Waals surface area contributed by atoms with Gasteiger partial charge in [-0.05, 0) is 20.3 Å². The lowest BCUT2D eigenvalue weighted by Crippen LogP contribution is -2.35. The monoisotopic (exact) mass is 203 g/mol. The zero-order valence-corrected chi connectivity index (χ0v) is 9.53. The molecule has 0 aromatic heterocycles. The molecule has 1 heterocycles. The van der Waals surface area contributed by atoms with Crippen LogP contribution in [0.5, 0.6) is 0 Å². The normalized spacial score (nSPS) is 37.3. The van der Waals surface area contributed by atoms with E-state index in [1.165, 1.54) is 0 Å². The zero-order chi connectivity index (χ0) is 11.1. The highest BCUT2D eigenvalue weighted by molar-refractivity contribution is 5.98. The predicted octanol–water partition coefficient (Wildman–Crippen LogP) is 2.30. The Balaban J connectivity index is 2.51. The van der Waals surface area contributed by atoms with Crippen molar-refractivity contribution >= 4 is 5.91 Å². The van der Waals surface area contributed by atoms with E-state index in [0.29, 0.717) is 0 Å². The Morgan fingerprint density at radius 1 is 1.53 bits per heavy atom. The van der Waals surface area contributed by atoms with Gasteiger partial charge in [0.2, 0.25) is 5.91 Å².